The fourth-order valence-electron chi connectivity index (χ4n) is 4.31. The molecule has 2 fully saturated rings. The van der Waals surface area contributed by atoms with Gasteiger partial charge in [-0.1, -0.05) is 55.3 Å². The van der Waals surface area contributed by atoms with Gasteiger partial charge in [0.05, 0.1) is 25.2 Å². The molecule has 26 heavy (non-hydrogen) atoms. The zero-order valence-corrected chi connectivity index (χ0v) is 15.3. The standard InChI is InChI=1S/C21H25NO4/c1-3-4-11-25-20(24)17-16-9-10-21(26-16)13-22(19(23)18(17)21)12-15-7-5-14(2)6-8-15/h5-10,16-18H,3-4,11-13H2,1-2H3. The molecule has 0 saturated carbocycles. The lowest BCUT2D eigenvalue weighted by Crippen LogP contribution is -2.40. The molecule has 0 N–H and O–H groups in total. The van der Waals surface area contributed by atoms with Crippen molar-refractivity contribution in [2.45, 2.75) is 44.9 Å². The second-order valence-electron chi connectivity index (χ2n) is 7.60. The van der Waals surface area contributed by atoms with E-state index in [0.717, 1.165) is 18.4 Å². The molecule has 3 aliphatic heterocycles. The number of carbonyl (C=O) groups is 2. The number of amides is 1. The SMILES string of the molecule is CCCCOC(=O)C1C2C=CC3(CN(Cc4ccc(C)cc4)C(=O)C13)O2. The molecule has 1 aromatic carbocycles. The number of carbonyl (C=O) groups excluding carboxylic acids is 2. The molecule has 4 rings (SSSR count). The molecular weight excluding hydrogens is 330 g/mol. The van der Waals surface area contributed by atoms with Crippen LogP contribution in [0.15, 0.2) is 36.4 Å². The summed E-state index contributed by atoms with van der Waals surface area (Å²) in [4.78, 5) is 27.5. The molecule has 2 bridgehead atoms. The largest absolute Gasteiger partial charge is 0.465 e. The van der Waals surface area contributed by atoms with E-state index in [0.29, 0.717) is 19.7 Å². The second-order valence-corrected chi connectivity index (χ2v) is 7.60. The number of hydrogen-bond donors (Lipinski definition) is 0. The number of likely N-dealkylation sites (tertiary alicyclic amines) is 1. The number of nitrogens with zero attached hydrogens (tertiary/aromatic N) is 1. The van der Waals surface area contributed by atoms with Gasteiger partial charge in [0, 0.05) is 6.54 Å². The molecule has 0 aliphatic carbocycles. The van der Waals surface area contributed by atoms with E-state index in [1.807, 2.05) is 48.2 Å². The number of hydrogen-bond acceptors (Lipinski definition) is 4. The summed E-state index contributed by atoms with van der Waals surface area (Å²) in [5, 5.41) is 0. The topological polar surface area (TPSA) is 55.8 Å². The number of fused-ring (bicyclic) bond motifs is 1. The number of esters is 1. The van der Waals surface area contributed by atoms with E-state index in [-0.39, 0.29) is 18.0 Å². The molecule has 1 spiro atoms. The van der Waals surface area contributed by atoms with Crippen molar-refractivity contribution in [1.29, 1.82) is 0 Å². The molecule has 0 aromatic heterocycles. The second kappa shape index (κ2) is 6.54. The predicted octanol–water partition coefficient (Wildman–Crippen LogP) is 2.62. The Hall–Kier alpha value is -2.14. The van der Waals surface area contributed by atoms with Crippen molar-refractivity contribution in [3.05, 3.63) is 47.5 Å². The van der Waals surface area contributed by atoms with Gasteiger partial charge in [-0.3, -0.25) is 9.59 Å². The van der Waals surface area contributed by atoms with Crippen LogP contribution in [0.4, 0.5) is 0 Å². The van der Waals surface area contributed by atoms with Crippen molar-refractivity contribution in [2.24, 2.45) is 11.8 Å². The van der Waals surface area contributed by atoms with E-state index in [1.54, 1.807) is 0 Å². The first-order chi connectivity index (χ1) is 12.5. The van der Waals surface area contributed by atoms with Crippen LogP contribution in [0.25, 0.3) is 0 Å². The highest BCUT2D eigenvalue weighted by Crippen LogP contribution is 2.52. The number of ether oxygens (including phenoxy) is 2. The molecule has 3 heterocycles. The normalized spacial score (nSPS) is 31.5. The van der Waals surface area contributed by atoms with Gasteiger partial charge in [0.25, 0.3) is 0 Å². The molecule has 1 amide bonds. The third-order valence-electron chi connectivity index (χ3n) is 5.69. The van der Waals surface area contributed by atoms with Gasteiger partial charge in [0.1, 0.15) is 11.5 Å². The Kier molecular flexibility index (Phi) is 4.35. The summed E-state index contributed by atoms with van der Waals surface area (Å²) in [6, 6.07) is 8.17. The van der Waals surface area contributed by atoms with Crippen LogP contribution in [0, 0.1) is 18.8 Å². The van der Waals surface area contributed by atoms with Crippen LogP contribution >= 0.6 is 0 Å². The highest BCUT2D eigenvalue weighted by atomic mass is 16.6. The summed E-state index contributed by atoms with van der Waals surface area (Å²) < 4.78 is 11.5. The average Bonchev–Trinajstić information content (AvgIpc) is 3.26. The summed E-state index contributed by atoms with van der Waals surface area (Å²) in [5.41, 5.74) is 1.61. The number of benzene rings is 1. The molecule has 5 nitrogen and oxygen atoms in total. The first kappa shape index (κ1) is 17.3. The first-order valence-electron chi connectivity index (χ1n) is 9.42. The summed E-state index contributed by atoms with van der Waals surface area (Å²) in [5.74, 6) is -1.29. The molecule has 1 aromatic rings. The lowest BCUT2D eigenvalue weighted by molar-refractivity contribution is -0.154. The maximum Gasteiger partial charge on any atom is 0.312 e. The number of rotatable bonds is 6. The van der Waals surface area contributed by atoms with Crippen LogP contribution in [0.5, 0.6) is 0 Å². The maximum absolute atomic E-state index is 13.1. The number of aryl methyl sites for hydroxylation is 1. The monoisotopic (exact) mass is 355 g/mol. The quantitative estimate of drug-likeness (QED) is 0.447. The van der Waals surface area contributed by atoms with Crippen molar-refractivity contribution in [3.8, 4) is 0 Å². The predicted molar refractivity (Wildman–Crippen MR) is 96.2 cm³/mol. The highest BCUT2D eigenvalue weighted by Gasteiger charge is 2.67. The van der Waals surface area contributed by atoms with Gasteiger partial charge in [-0.05, 0) is 18.9 Å². The summed E-state index contributed by atoms with van der Waals surface area (Å²) in [6.45, 7) is 5.53. The Morgan fingerprint density at radius 1 is 1.35 bits per heavy atom. The molecular formula is C21H25NO4. The van der Waals surface area contributed by atoms with E-state index >= 15 is 0 Å². The van der Waals surface area contributed by atoms with Gasteiger partial charge >= 0.3 is 5.97 Å². The minimum absolute atomic E-state index is 0.00475. The molecule has 138 valence electrons. The van der Waals surface area contributed by atoms with Crippen molar-refractivity contribution < 1.29 is 19.1 Å². The Labute approximate surface area is 154 Å². The van der Waals surface area contributed by atoms with Crippen LogP contribution in [0.2, 0.25) is 0 Å². The summed E-state index contributed by atoms with van der Waals surface area (Å²) in [7, 11) is 0. The Balaban J connectivity index is 1.51. The van der Waals surface area contributed by atoms with Gasteiger partial charge < -0.3 is 14.4 Å². The zero-order valence-electron chi connectivity index (χ0n) is 15.3. The van der Waals surface area contributed by atoms with Crippen molar-refractivity contribution in [3.63, 3.8) is 0 Å². The lowest BCUT2D eigenvalue weighted by atomic mass is 9.77. The Morgan fingerprint density at radius 3 is 2.85 bits per heavy atom. The van der Waals surface area contributed by atoms with Crippen LogP contribution in [0.1, 0.15) is 30.9 Å². The van der Waals surface area contributed by atoms with Crippen LogP contribution < -0.4 is 0 Å². The van der Waals surface area contributed by atoms with Crippen LogP contribution in [-0.2, 0) is 25.6 Å². The average molecular weight is 355 g/mol. The lowest BCUT2D eigenvalue weighted by Gasteiger charge is -2.22. The van der Waals surface area contributed by atoms with E-state index in [9.17, 15) is 9.59 Å². The third kappa shape index (κ3) is 2.75. The summed E-state index contributed by atoms with van der Waals surface area (Å²) >= 11 is 0. The minimum Gasteiger partial charge on any atom is -0.465 e. The smallest absolute Gasteiger partial charge is 0.312 e. The van der Waals surface area contributed by atoms with Crippen LogP contribution in [0.3, 0.4) is 0 Å². The zero-order chi connectivity index (χ0) is 18.3. The van der Waals surface area contributed by atoms with E-state index < -0.39 is 17.4 Å². The van der Waals surface area contributed by atoms with Crippen molar-refractivity contribution in [1.82, 2.24) is 4.90 Å². The van der Waals surface area contributed by atoms with Gasteiger partial charge in [0.15, 0.2) is 0 Å². The minimum atomic E-state index is -0.666. The van der Waals surface area contributed by atoms with Gasteiger partial charge in [-0.2, -0.15) is 0 Å². The molecule has 0 radical (unpaired) electrons. The molecule has 4 atom stereocenters. The Bertz CT molecular complexity index is 741. The third-order valence-corrected chi connectivity index (χ3v) is 5.69. The van der Waals surface area contributed by atoms with Crippen molar-refractivity contribution >= 4 is 11.9 Å². The molecule has 3 aliphatic rings. The summed E-state index contributed by atoms with van der Waals surface area (Å²) in [6.07, 6.45) is 5.37. The van der Waals surface area contributed by atoms with E-state index in [4.69, 9.17) is 9.47 Å². The van der Waals surface area contributed by atoms with Crippen LogP contribution in [-0.4, -0.2) is 41.6 Å². The van der Waals surface area contributed by atoms with E-state index in [2.05, 4.69) is 6.92 Å². The maximum atomic E-state index is 13.1. The van der Waals surface area contributed by atoms with E-state index in [1.165, 1.54) is 5.56 Å². The highest BCUT2D eigenvalue weighted by molar-refractivity contribution is 5.91. The fraction of sp³-hybridized carbons (Fsp3) is 0.524. The van der Waals surface area contributed by atoms with Gasteiger partial charge in [0.2, 0.25) is 5.91 Å². The van der Waals surface area contributed by atoms with Gasteiger partial charge in [-0.15, -0.1) is 0 Å². The van der Waals surface area contributed by atoms with Gasteiger partial charge in [-0.25, -0.2) is 0 Å². The van der Waals surface area contributed by atoms with Crippen molar-refractivity contribution in [2.75, 3.05) is 13.2 Å². The molecule has 4 unspecified atom stereocenters. The molecule has 5 heteroatoms. The fourth-order valence-corrected chi connectivity index (χ4v) is 4.31. The number of unbranched alkanes of at least 4 members (excludes halogenated alkanes) is 1. The Morgan fingerprint density at radius 2 is 2.12 bits per heavy atom. The first-order valence-corrected chi connectivity index (χ1v) is 9.42. The molecule has 2 saturated heterocycles.